The van der Waals surface area contributed by atoms with Crippen molar-refractivity contribution in [3.05, 3.63) is 35.4 Å². The van der Waals surface area contributed by atoms with E-state index in [4.69, 9.17) is 4.84 Å². The van der Waals surface area contributed by atoms with E-state index in [1.807, 2.05) is 0 Å². The van der Waals surface area contributed by atoms with Crippen LogP contribution in [0, 0.1) is 6.92 Å². The second-order valence-corrected chi connectivity index (χ2v) is 4.79. The number of hydrogen-bond donors (Lipinski definition) is 1. The molecule has 0 aliphatic carbocycles. The third-order valence-electron chi connectivity index (χ3n) is 3.39. The van der Waals surface area contributed by atoms with Crippen molar-refractivity contribution < 1.29 is 4.84 Å². The van der Waals surface area contributed by atoms with Crippen molar-refractivity contribution in [3.8, 4) is 0 Å². The molecule has 1 aromatic rings. The summed E-state index contributed by atoms with van der Waals surface area (Å²) in [7, 11) is 0. The first kappa shape index (κ1) is 9.85. The molecule has 1 unspecified atom stereocenters. The van der Waals surface area contributed by atoms with Gasteiger partial charge >= 0.3 is 0 Å². The Morgan fingerprint density at radius 1 is 1.44 bits per heavy atom. The zero-order valence-electron chi connectivity index (χ0n) is 9.49. The maximum atomic E-state index is 5.63. The van der Waals surface area contributed by atoms with Gasteiger partial charge in [-0.1, -0.05) is 35.0 Å². The van der Waals surface area contributed by atoms with E-state index in [1.54, 1.807) is 0 Å². The molecule has 16 heavy (non-hydrogen) atoms. The average Bonchev–Trinajstić information content (AvgIpc) is 2.90. The molecule has 1 fully saturated rings. The maximum absolute atomic E-state index is 5.63. The van der Waals surface area contributed by atoms with E-state index >= 15 is 0 Å². The fourth-order valence-electron chi connectivity index (χ4n) is 2.45. The number of aryl methyl sites for hydroxylation is 1. The Morgan fingerprint density at radius 3 is 3.12 bits per heavy atom. The molecule has 2 heterocycles. The van der Waals surface area contributed by atoms with Crippen LogP contribution in [0.4, 0.5) is 0 Å². The van der Waals surface area contributed by atoms with Crippen LogP contribution in [-0.4, -0.2) is 24.4 Å². The van der Waals surface area contributed by atoms with Crippen LogP contribution in [0.25, 0.3) is 0 Å². The van der Waals surface area contributed by atoms with Crippen LogP contribution in [0.5, 0.6) is 0 Å². The lowest BCUT2D eigenvalue weighted by atomic mass is 9.93. The highest BCUT2D eigenvalue weighted by atomic mass is 16.7. The lowest BCUT2D eigenvalue weighted by Gasteiger charge is -2.18. The first-order valence-electron chi connectivity index (χ1n) is 5.80. The number of rotatable bonds is 1. The summed E-state index contributed by atoms with van der Waals surface area (Å²) in [5.41, 5.74) is 3.50. The van der Waals surface area contributed by atoms with E-state index in [9.17, 15) is 0 Å². The smallest absolute Gasteiger partial charge is 0.156 e. The second-order valence-electron chi connectivity index (χ2n) is 4.79. The van der Waals surface area contributed by atoms with Gasteiger partial charge in [0.15, 0.2) is 5.60 Å². The van der Waals surface area contributed by atoms with Gasteiger partial charge in [-0.2, -0.15) is 0 Å². The number of nitrogens with zero attached hydrogens (tertiary/aromatic N) is 1. The molecule has 2 aliphatic rings. The molecule has 1 atom stereocenters. The summed E-state index contributed by atoms with van der Waals surface area (Å²) >= 11 is 0. The molecule has 0 saturated carbocycles. The zero-order valence-corrected chi connectivity index (χ0v) is 9.49. The van der Waals surface area contributed by atoms with E-state index < -0.39 is 0 Å². The lowest BCUT2D eigenvalue weighted by molar-refractivity contribution is -0.00190. The van der Waals surface area contributed by atoms with Gasteiger partial charge in [-0.15, -0.1) is 0 Å². The van der Waals surface area contributed by atoms with Gasteiger partial charge in [-0.25, -0.2) is 0 Å². The van der Waals surface area contributed by atoms with Crippen LogP contribution in [0.1, 0.15) is 24.0 Å². The highest BCUT2D eigenvalue weighted by Gasteiger charge is 2.41. The highest BCUT2D eigenvalue weighted by molar-refractivity contribution is 6.01. The van der Waals surface area contributed by atoms with Crippen LogP contribution < -0.4 is 5.32 Å². The third-order valence-corrected chi connectivity index (χ3v) is 3.39. The predicted molar refractivity (Wildman–Crippen MR) is 63.6 cm³/mol. The van der Waals surface area contributed by atoms with Gasteiger partial charge in [0.2, 0.25) is 0 Å². The molecule has 0 radical (unpaired) electrons. The Morgan fingerprint density at radius 2 is 2.38 bits per heavy atom. The molecule has 1 aromatic carbocycles. The SMILES string of the molecule is Cc1cccc(C2=NOC3(CCNC3)C2)c1. The largest absolute Gasteiger partial charge is 0.387 e. The van der Waals surface area contributed by atoms with Crippen LogP contribution >= 0.6 is 0 Å². The van der Waals surface area contributed by atoms with Gasteiger partial charge in [0.05, 0.1) is 5.71 Å². The molecule has 1 spiro atoms. The van der Waals surface area contributed by atoms with Gasteiger partial charge in [0.1, 0.15) is 0 Å². The minimum Gasteiger partial charge on any atom is -0.387 e. The van der Waals surface area contributed by atoms with Gasteiger partial charge in [-0.3, -0.25) is 0 Å². The van der Waals surface area contributed by atoms with Gasteiger partial charge in [-0.05, 0) is 19.0 Å². The summed E-state index contributed by atoms with van der Waals surface area (Å²) < 4.78 is 0. The van der Waals surface area contributed by atoms with E-state index in [1.165, 1.54) is 11.1 Å². The number of benzene rings is 1. The molecule has 3 nitrogen and oxygen atoms in total. The van der Waals surface area contributed by atoms with Crippen molar-refractivity contribution in [2.75, 3.05) is 13.1 Å². The Hall–Kier alpha value is -1.35. The Balaban J connectivity index is 1.83. The molecule has 0 bridgehead atoms. The average molecular weight is 216 g/mol. The second kappa shape index (κ2) is 3.59. The first-order chi connectivity index (χ1) is 7.77. The quantitative estimate of drug-likeness (QED) is 0.777. The molecule has 1 saturated heterocycles. The van der Waals surface area contributed by atoms with Crippen LogP contribution in [0.2, 0.25) is 0 Å². The van der Waals surface area contributed by atoms with Crippen LogP contribution in [0.15, 0.2) is 29.4 Å². The Bertz CT molecular complexity index is 433. The number of oxime groups is 1. The fraction of sp³-hybridized carbons (Fsp3) is 0.462. The van der Waals surface area contributed by atoms with Gasteiger partial charge < -0.3 is 10.2 Å². The summed E-state index contributed by atoms with van der Waals surface area (Å²) in [5.74, 6) is 0. The number of nitrogens with one attached hydrogen (secondary N) is 1. The summed E-state index contributed by atoms with van der Waals surface area (Å²) in [6.07, 6.45) is 2.00. The lowest BCUT2D eigenvalue weighted by Crippen LogP contribution is -2.31. The molecule has 2 aliphatic heterocycles. The minimum absolute atomic E-state index is 0.0565. The monoisotopic (exact) mass is 216 g/mol. The van der Waals surface area contributed by atoms with Crippen molar-refractivity contribution in [2.45, 2.75) is 25.4 Å². The summed E-state index contributed by atoms with van der Waals surface area (Å²) in [6.45, 7) is 4.06. The molecule has 0 aromatic heterocycles. The molecule has 1 N–H and O–H groups in total. The summed E-state index contributed by atoms with van der Waals surface area (Å²) in [4.78, 5) is 5.63. The normalized spacial score (nSPS) is 28.2. The topological polar surface area (TPSA) is 33.6 Å². The van der Waals surface area contributed by atoms with Gasteiger partial charge in [0, 0.05) is 19.4 Å². The minimum atomic E-state index is -0.0565. The Kier molecular flexibility index (Phi) is 2.21. The van der Waals surface area contributed by atoms with E-state index in [2.05, 4.69) is 41.7 Å². The maximum Gasteiger partial charge on any atom is 0.156 e. The van der Waals surface area contributed by atoms with E-state index in [-0.39, 0.29) is 5.60 Å². The van der Waals surface area contributed by atoms with E-state index in [0.29, 0.717) is 0 Å². The molecule has 84 valence electrons. The number of hydrogen-bond acceptors (Lipinski definition) is 3. The Labute approximate surface area is 95.5 Å². The van der Waals surface area contributed by atoms with Gasteiger partial charge in [0.25, 0.3) is 0 Å². The van der Waals surface area contributed by atoms with Crippen molar-refractivity contribution in [1.82, 2.24) is 5.32 Å². The third kappa shape index (κ3) is 1.61. The molecule has 3 heteroatoms. The van der Waals surface area contributed by atoms with Crippen molar-refractivity contribution in [1.29, 1.82) is 0 Å². The van der Waals surface area contributed by atoms with E-state index in [0.717, 1.165) is 31.6 Å². The fourth-order valence-corrected chi connectivity index (χ4v) is 2.45. The standard InChI is InChI=1S/C13H16N2O/c1-10-3-2-4-11(7-10)12-8-13(16-15-12)5-6-14-9-13/h2-4,7,14H,5-6,8-9H2,1H3. The van der Waals surface area contributed by atoms with Crippen molar-refractivity contribution >= 4 is 5.71 Å². The van der Waals surface area contributed by atoms with Crippen molar-refractivity contribution in [3.63, 3.8) is 0 Å². The molecular formula is C13H16N2O. The van der Waals surface area contributed by atoms with Crippen LogP contribution in [-0.2, 0) is 4.84 Å². The first-order valence-corrected chi connectivity index (χ1v) is 5.80. The van der Waals surface area contributed by atoms with Crippen molar-refractivity contribution in [2.24, 2.45) is 5.16 Å². The zero-order chi connectivity index (χ0) is 11.0. The van der Waals surface area contributed by atoms with Crippen LogP contribution in [0.3, 0.4) is 0 Å². The summed E-state index contributed by atoms with van der Waals surface area (Å²) in [6, 6.07) is 8.46. The molecule has 3 rings (SSSR count). The predicted octanol–water partition coefficient (Wildman–Crippen LogP) is 1.85. The molecular weight excluding hydrogens is 200 g/mol. The summed E-state index contributed by atoms with van der Waals surface area (Å²) in [5, 5.41) is 7.60. The highest BCUT2D eigenvalue weighted by Crippen LogP contribution is 2.31. The molecule has 0 amide bonds.